The Hall–Kier alpha value is -1.54. The van der Waals surface area contributed by atoms with E-state index < -0.39 is 0 Å². The van der Waals surface area contributed by atoms with Gasteiger partial charge in [0.25, 0.3) is 0 Å². The Kier molecular flexibility index (Phi) is 3.99. The summed E-state index contributed by atoms with van der Waals surface area (Å²) in [5.74, 6) is 0.496. The van der Waals surface area contributed by atoms with E-state index in [1.54, 1.807) is 6.07 Å². The van der Waals surface area contributed by atoms with Crippen molar-refractivity contribution in [3.8, 4) is 5.75 Å². The second kappa shape index (κ2) is 5.69. The quantitative estimate of drug-likeness (QED) is 0.741. The first-order valence-corrected chi connectivity index (χ1v) is 5.84. The van der Waals surface area contributed by atoms with Crippen LogP contribution in [0.1, 0.15) is 11.1 Å². The van der Waals surface area contributed by atoms with Gasteiger partial charge in [-0.15, -0.1) is 11.6 Å². The molecule has 88 valence electrons. The third kappa shape index (κ3) is 3.21. The van der Waals surface area contributed by atoms with Crippen molar-refractivity contribution in [1.82, 2.24) is 0 Å². The van der Waals surface area contributed by atoms with Crippen molar-refractivity contribution in [3.05, 3.63) is 65.5 Å². The van der Waals surface area contributed by atoms with Gasteiger partial charge in [0, 0.05) is 11.6 Å². The molecule has 17 heavy (non-hydrogen) atoms. The highest BCUT2D eigenvalue weighted by Crippen LogP contribution is 2.22. The highest BCUT2D eigenvalue weighted by Gasteiger charge is 2.04. The Bertz CT molecular complexity index is 485. The lowest BCUT2D eigenvalue weighted by atomic mass is 10.2. The number of halogens is 2. The predicted octanol–water partition coefficient (Wildman–Crippen LogP) is 4.14. The van der Waals surface area contributed by atoms with Gasteiger partial charge < -0.3 is 4.74 Å². The van der Waals surface area contributed by atoms with Crippen LogP contribution in [0.15, 0.2) is 48.5 Å². The zero-order chi connectivity index (χ0) is 12.1. The van der Waals surface area contributed by atoms with Crippen molar-refractivity contribution in [2.45, 2.75) is 12.5 Å². The largest absolute Gasteiger partial charge is 0.488 e. The van der Waals surface area contributed by atoms with E-state index in [0.29, 0.717) is 18.2 Å². The minimum Gasteiger partial charge on any atom is -0.488 e. The van der Waals surface area contributed by atoms with Gasteiger partial charge in [0.05, 0.1) is 5.88 Å². The molecule has 0 aliphatic heterocycles. The van der Waals surface area contributed by atoms with Gasteiger partial charge in [-0.1, -0.05) is 36.4 Å². The molecule has 0 N–H and O–H groups in total. The third-order valence-corrected chi connectivity index (χ3v) is 2.70. The molecule has 3 heteroatoms. The Morgan fingerprint density at radius 2 is 1.82 bits per heavy atom. The van der Waals surface area contributed by atoms with Crippen molar-refractivity contribution >= 4 is 11.6 Å². The fraction of sp³-hybridized carbons (Fsp3) is 0.143. The summed E-state index contributed by atoms with van der Waals surface area (Å²) in [4.78, 5) is 0. The molecule has 0 aromatic heterocycles. The average molecular weight is 251 g/mol. The summed E-state index contributed by atoms with van der Waals surface area (Å²) in [5.41, 5.74) is 1.83. The van der Waals surface area contributed by atoms with Gasteiger partial charge >= 0.3 is 0 Å². The van der Waals surface area contributed by atoms with E-state index in [1.165, 1.54) is 12.1 Å². The first-order valence-electron chi connectivity index (χ1n) is 5.30. The number of hydrogen-bond acceptors (Lipinski definition) is 1. The van der Waals surface area contributed by atoms with E-state index in [9.17, 15) is 4.39 Å². The summed E-state index contributed by atoms with van der Waals surface area (Å²) in [6.45, 7) is 0.411. The minimum atomic E-state index is -0.318. The molecule has 1 nitrogen and oxygen atoms in total. The molecular formula is C14H12ClFO. The number of alkyl halides is 1. The molecule has 0 radical (unpaired) electrons. The van der Waals surface area contributed by atoms with E-state index in [-0.39, 0.29) is 5.82 Å². The average Bonchev–Trinajstić information content (AvgIpc) is 2.38. The minimum absolute atomic E-state index is 0.310. The number of rotatable bonds is 4. The highest BCUT2D eigenvalue weighted by molar-refractivity contribution is 6.17. The fourth-order valence-corrected chi connectivity index (χ4v) is 1.73. The molecule has 0 bridgehead atoms. The first-order chi connectivity index (χ1) is 8.29. The summed E-state index contributed by atoms with van der Waals surface area (Å²) in [6, 6.07) is 14.1. The van der Waals surface area contributed by atoms with Crippen molar-refractivity contribution in [2.24, 2.45) is 0 Å². The fourth-order valence-electron chi connectivity index (χ4n) is 1.51. The standard InChI is InChI=1S/C14H12ClFO/c15-9-12-6-7-13(16)8-14(12)17-10-11-4-2-1-3-5-11/h1-8H,9-10H2. The maximum atomic E-state index is 13.1. The number of hydrogen-bond donors (Lipinski definition) is 0. The lowest BCUT2D eigenvalue weighted by molar-refractivity contribution is 0.302. The molecular weight excluding hydrogens is 239 g/mol. The summed E-state index contributed by atoms with van der Waals surface area (Å²) >= 11 is 5.76. The summed E-state index contributed by atoms with van der Waals surface area (Å²) in [6.07, 6.45) is 0. The summed E-state index contributed by atoms with van der Waals surface area (Å²) in [5, 5.41) is 0. The van der Waals surface area contributed by atoms with Crippen LogP contribution < -0.4 is 4.74 Å². The van der Waals surface area contributed by atoms with E-state index in [0.717, 1.165) is 11.1 Å². The highest BCUT2D eigenvalue weighted by atomic mass is 35.5. The van der Waals surface area contributed by atoms with Crippen molar-refractivity contribution < 1.29 is 9.13 Å². The number of ether oxygens (including phenoxy) is 1. The topological polar surface area (TPSA) is 9.23 Å². The molecule has 2 rings (SSSR count). The zero-order valence-electron chi connectivity index (χ0n) is 9.20. The maximum absolute atomic E-state index is 13.1. The summed E-state index contributed by atoms with van der Waals surface area (Å²) < 4.78 is 18.7. The molecule has 2 aromatic rings. The van der Waals surface area contributed by atoms with Gasteiger partial charge in [-0.3, -0.25) is 0 Å². The van der Waals surface area contributed by atoms with Crippen LogP contribution in [0.25, 0.3) is 0 Å². The second-order valence-corrected chi connectivity index (χ2v) is 3.93. The van der Waals surface area contributed by atoms with Gasteiger partial charge in [-0.05, 0) is 11.6 Å². The van der Waals surface area contributed by atoms with Crippen molar-refractivity contribution in [3.63, 3.8) is 0 Å². The van der Waals surface area contributed by atoms with Gasteiger partial charge in [-0.2, -0.15) is 0 Å². The predicted molar refractivity (Wildman–Crippen MR) is 66.7 cm³/mol. The molecule has 0 heterocycles. The Morgan fingerprint density at radius 1 is 1.06 bits per heavy atom. The second-order valence-electron chi connectivity index (χ2n) is 3.66. The normalized spacial score (nSPS) is 10.2. The SMILES string of the molecule is Fc1ccc(CCl)c(OCc2ccccc2)c1. The smallest absolute Gasteiger partial charge is 0.127 e. The van der Waals surface area contributed by atoms with E-state index in [4.69, 9.17) is 16.3 Å². The maximum Gasteiger partial charge on any atom is 0.127 e. The molecule has 0 saturated carbocycles. The number of benzene rings is 2. The van der Waals surface area contributed by atoms with Crippen molar-refractivity contribution in [1.29, 1.82) is 0 Å². The van der Waals surface area contributed by atoms with Crippen LogP contribution in [0.4, 0.5) is 4.39 Å². The van der Waals surface area contributed by atoms with Crippen LogP contribution in [0.5, 0.6) is 5.75 Å². The van der Waals surface area contributed by atoms with Crippen LogP contribution in [0.3, 0.4) is 0 Å². The summed E-state index contributed by atoms with van der Waals surface area (Å²) in [7, 11) is 0. The van der Waals surface area contributed by atoms with Gasteiger partial charge in [0.1, 0.15) is 18.2 Å². The van der Waals surface area contributed by atoms with E-state index in [2.05, 4.69) is 0 Å². The lowest BCUT2D eigenvalue weighted by Gasteiger charge is -2.10. The lowest BCUT2D eigenvalue weighted by Crippen LogP contribution is -1.98. The molecule has 0 amide bonds. The molecule has 0 atom stereocenters. The third-order valence-electron chi connectivity index (χ3n) is 2.41. The molecule has 0 spiro atoms. The van der Waals surface area contributed by atoms with Crippen molar-refractivity contribution in [2.75, 3.05) is 0 Å². The Morgan fingerprint density at radius 3 is 2.53 bits per heavy atom. The molecule has 0 unspecified atom stereocenters. The van der Waals surface area contributed by atoms with Gasteiger partial charge in [-0.25, -0.2) is 4.39 Å². The van der Waals surface area contributed by atoms with Gasteiger partial charge in [0.15, 0.2) is 0 Å². The van der Waals surface area contributed by atoms with E-state index in [1.807, 2.05) is 30.3 Å². The molecule has 0 fully saturated rings. The van der Waals surface area contributed by atoms with Crippen LogP contribution in [0.2, 0.25) is 0 Å². The molecule has 0 saturated heterocycles. The zero-order valence-corrected chi connectivity index (χ0v) is 9.95. The van der Waals surface area contributed by atoms with Crippen LogP contribution in [-0.2, 0) is 12.5 Å². The molecule has 0 aliphatic carbocycles. The first kappa shape index (κ1) is 11.9. The van der Waals surface area contributed by atoms with Gasteiger partial charge in [0.2, 0.25) is 0 Å². The van der Waals surface area contributed by atoms with Crippen LogP contribution in [0, 0.1) is 5.82 Å². The van der Waals surface area contributed by atoms with Crippen LogP contribution in [-0.4, -0.2) is 0 Å². The Labute approximate surface area is 105 Å². The molecule has 2 aromatic carbocycles. The Balaban J connectivity index is 2.11. The monoisotopic (exact) mass is 250 g/mol. The van der Waals surface area contributed by atoms with E-state index >= 15 is 0 Å². The molecule has 0 aliphatic rings. The van der Waals surface area contributed by atoms with Crippen LogP contribution >= 0.6 is 11.6 Å².